The summed E-state index contributed by atoms with van der Waals surface area (Å²) in [6.07, 6.45) is 0. The number of furan rings is 1. The van der Waals surface area contributed by atoms with Gasteiger partial charge in [0.2, 0.25) is 0 Å². The molecule has 4 aromatic rings. The summed E-state index contributed by atoms with van der Waals surface area (Å²) in [5.74, 6) is -1.18. The van der Waals surface area contributed by atoms with Crippen molar-refractivity contribution in [3.63, 3.8) is 0 Å². The van der Waals surface area contributed by atoms with Crippen molar-refractivity contribution in [2.75, 3.05) is 13.7 Å². The molecule has 1 unspecified atom stereocenters. The maximum Gasteiger partial charge on any atom is 0.328 e. The van der Waals surface area contributed by atoms with E-state index >= 15 is 0 Å². The molecule has 0 fully saturated rings. The van der Waals surface area contributed by atoms with Crippen molar-refractivity contribution in [3.05, 3.63) is 90.2 Å². The Morgan fingerprint density at radius 1 is 0.970 bits per heavy atom. The van der Waals surface area contributed by atoms with Gasteiger partial charge in [0.25, 0.3) is 5.91 Å². The van der Waals surface area contributed by atoms with Crippen LogP contribution in [0.4, 0.5) is 0 Å². The van der Waals surface area contributed by atoms with E-state index in [1.54, 1.807) is 31.4 Å². The fraction of sp³-hybridized carbons (Fsp3) is 0.154. The predicted molar refractivity (Wildman–Crippen MR) is 123 cm³/mol. The monoisotopic (exact) mass is 445 g/mol. The summed E-state index contributed by atoms with van der Waals surface area (Å²) in [6.45, 7) is 0.0364. The van der Waals surface area contributed by atoms with Crippen molar-refractivity contribution in [1.82, 2.24) is 5.32 Å². The minimum absolute atomic E-state index is 0.0148. The van der Waals surface area contributed by atoms with Gasteiger partial charge in [-0.2, -0.15) is 0 Å². The SMILES string of the molecule is COc1ccc2oc(C(=O)NC(COCc3ccc(-c4ccccc4)cc3)C(=O)O)cc2c1. The minimum atomic E-state index is -1.22. The number of hydrogen-bond donors (Lipinski definition) is 2. The van der Waals surface area contributed by atoms with E-state index in [2.05, 4.69) is 5.32 Å². The zero-order chi connectivity index (χ0) is 23.2. The van der Waals surface area contributed by atoms with Gasteiger partial charge in [0.1, 0.15) is 11.3 Å². The number of benzene rings is 3. The highest BCUT2D eigenvalue weighted by atomic mass is 16.5. The first-order valence-electron chi connectivity index (χ1n) is 10.4. The Hall–Kier alpha value is -4.10. The second-order valence-electron chi connectivity index (χ2n) is 7.46. The Balaban J connectivity index is 1.34. The quantitative estimate of drug-likeness (QED) is 0.393. The molecular weight excluding hydrogens is 422 g/mol. The molecule has 7 nitrogen and oxygen atoms in total. The summed E-state index contributed by atoms with van der Waals surface area (Å²) in [5, 5.41) is 12.6. The summed E-state index contributed by atoms with van der Waals surface area (Å²) < 4.78 is 16.3. The van der Waals surface area contributed by atoms with Gasteiger partial charge in [-0.3, -0.25) is 4.79 Å². The van der Waals surface area contributed by atoms with E-state index < -0.39 is 17.9 Å². The van der Waals surface area contributed by atoms with Gasteiger partial charge >= 0.3 is 5.97 Å². The number of nitrogens with one attached hydrogen (secondary N) is 1. The number of carboxylic acids is 1. The smallest absolute Gasteiger partial charge is 0.328 e. The third-order valence-electron chi connectivity index (χ3n) is 5.16. The molecule has 0 bridgehead atoms. The normalized spacial score (nSPS) is 11.8. The molecule has 168 valence electrons. The summed E-state index contributed by atoms with van der Waals surface area (Å²) in [5.41, 5.74) is 3.60. The molecule has 4 rings (SSSR count). The largest absolute Gasteiger partial charge is 0.497 e. The molecule has 0 aliphatic carbocycles. The first-order chi connectivity index (χ1) is 16.0. The molecule has 2 N–H and O–H groups in total. The topological polar surface area (TPSA) is 98.0 Å². The van der Waals surface area contributed by atoms with Gasteiger partial charge in [-0.25, -0.2) is 4.79 Å². The summed E-state index contributed by atoms with van der Waals surface area (Å²) in [4.78, 5) is 24.2. The maximum absolute atomic E-state index is 12.5. The van der Waals surface area contributed by atoms with Crippen LogP contribution in [0.25, 0.3) is 22.1 Å². The van der Waals surface area contributed by atoms with Crippen molar-refractivity contribution < 1.29 is 28.6 Å². The highest BCUT2D eigenvalue weighted by molar-refractivity contribution is 5.98. The second kappa shape index (κ2) is 10.0. The second-order valence-corrected chi connectivity index (χ2v) is 7.46. The van der Waals surface area contributed by atoms with Crippen LogP contribution in [-0.4, -0.2) is 36.7 Å². The maximum atomic E-state index is 12.5. The Morgan fingerprint density at radius 3 is 2.39 bits per heavy atom. The number of aliphatic carboxylic acids is 1. The lowest BCUT2D eigenvalue weighted by molar-refractivity contribution is -0.141. The first-order valence-corrected chi connectivity index (χ1v) is 10.4. The lowest BCUT2D eigenvalue weighted by Gasteiger charge is -2.14. The lowest BCUT2D eigenvalue weighted by atomic mass is 10.0. The van der Waals surface area contributed by atoms with Crippen molar-refractivity contribution in [3.8, 4) is 16.9 Å². The van der Waals surface area contributed by atoms with E-state index in [0.717, 1.165) is 16.7 Å². The third kappa shape index (κ3) is 5.39. The number of methoxy groups -OCH3 is 1. The number of fused-ring (bicyclic) bond motifs is 1. The van der Waals surface area contributed by atoms with E-state index in [9.17, 15) is 14.7 Å². The Labute approximate surface area is 190 Å². The third-order valence-corrected chi connectivity index (χ3v) is 5.16. The summed E-state index contributed by atoms with van der Waals surface area (Å²) in [6, 6.07) is 23.3. The predicted octanol–water partition coefficient (Wildman–Crippen LogP) is 4.51. The van der Waals surface area contributed by atoms with Gasteiger partial charge in [0.15, 0.2) is 11.8 Å². The zero-order valence-electron chi connectivity index (χ0n) is 18.0. The molecule has 1 heterocycles. The molecule has 7 heteroatoms. The molecule has 1 amide bonds. The fourth-order valence-electron chi connectivity index (χ4n) is 3.38. The number of carboxylic acid groups (broad SMARTS) is 1. The number of rotatable bonds is 9. The van der Waals surface area contributed by atoms with E-state index in [4.69, 9.17) is 13.9 Å². The van der Waals surface area contributed by atoms with Gasteiger partial charge in [0.05, 0.1) is 20.3 Å². The first kappa shape index (κ1) is 22.1. The van der Waals surface area contributed by atoms with Crippen LogP contribution in [0, 0.1) is 0 Å². The van der Waals surface area contributed by atoms with Gasteiger partial charge in [-0.05, 0) is 41.0 Å². The van der Waals surface area contributed by atoms with Crippen LogP contribution in [0.5, 0.6) is 5.75 Å². The van der Waals surface area contributed by atoms with Crippen molar-refractivity contribution in [2.45, 2.75) is 12.6 Å². The summed E-state index contributed by atoms with van der Waals surface area (Å²) in [7, 11) is 1.55. The van der Waals surface area contributed by atoms with E-state index in [1.165, 1.54) is 0 Å². The van der Waals surface area contributed by atoms with Crippen LogP contribution >= 0.6 is 0 Å². The molecule has 0 aliphatic rings. The zero-order valence-corrected chi connectivity index (χ0v) is 18.0. The number of amides is 1. The van der Waals surface area contributed by atoms with Crippen LogP contribution in [0.3, 0.4) is 0 Å². The lowest BCUT2D eigenvalue weighted by Crippen LogP contribution is -2.43. The Kier molecular flexibility index (Phi) is 6.71. The van der Waals surface area contributed by atoms with Crippen molar-refractivity contribution >= 4 is 22.8 Å². The highest BCUT2D eigenvalue weighted by Crippen LogP contribution is 2.24. The molecule has 0 aliphatic heterocycles. The van der Waals surface area contributed by atoms with E-state index in [1.807, 2.05) is 54.6 Å². The van der Waals surface area contributed by atoms with E-state index in [-0.39, 0.29) is 19.0 Å². The highest BCUT2D eigenvalue weighted by Gasteiger charge is 2.23. The van der Waals surface area contributed by atoms with Crippen molar-refractivity contribution in [1.29, 1.82) is 0 Å². The van der Waals surface area contributed by atoms with Gasteiger partial charge in [-0.15, -0.1) is 0 Å². The molecule has 33 heavy (non-hydrogen) atoms. The molecule has 1 aromatic heterocycles. The number of carbonyl (C=O) groups excluding carboxylic acids is 1. The average molecular weight is 445 g/mol. The van der Waals surface area contributed by atoms with Crippen molar-refractivity contribution in [2.24, 2.45) is 0 Å². The van der Waals surface area contributed by atoms with Crippen LogP contribution in [-0.2, 0) is 16.1 Å². The average Bonchev–Trinajstić information content (AvgIpc) is 3.28. The number of hydrogen-bond acceptors (Lipinski definition) is 5. The van der Waals surface area contributed by atoms with E-state index in [0.29, 0.717) is 16.7 Å². The molecule has 1 atom stereocenters. The van der Waals surface area contributed by atoms with Gasteiger partial charge < -0.3 is 24.3 Å². The Bertz CT molecular complexity index is 1250. The molecule has 0 spiro atoms. The molecular formula is C26H23NO6. The minimum Gasteiger partial charge on any atom is -0.497 e. The standard InChI is InChI=1S/C26H23NO6/c1-31-21-11-12-23-20(13-21)14-24(33-23)25(28)27-22(26(29)30)16-32-15-17-7-9-19(10-8-17)18-5-3-2-4-6-18/h2-14,22H,15-16H2,1H3,(H,27,28)(H,29,30). The molecule has 3 aromatic carbocycles. The number of ether oxygens (including phenoxy) is 2. The van der Waals surface area contributed by atoms with Crippen LogP contribution in [0.15, 0.2) is 83.3 Å². The fourth-order valence-corrected chi connectivity index (χ4v) is 3.38. The number of carbonyl (C=O) groups is 2. The summed E-state index contributed by atoms with van der Waals surface area (Å²) >= 11 is 0. The van der Waals surface area contributed by atoms with Crippen LogP contribution < -0.4 is 10.1 Å². The van der Waals surface area contributed by atoms with Gasteiger partial charge in [0, 0.05) is 5.39 Å². The molecule has 0 radical (unpaired) electrons. The van der Waals surface area contributed by atoms with Crippen LogP contribution in [0.2, 0.25) is 0 Å². The van der Waals surface area contributed by atoms with Gasteiger partial charge in [-0.1, -0.05) is 54.6 Å². The molecule has 0 saturated carbocycles. The van der Waals surface area contributed by atoms with Crippen LogP contribution in [0.1, 0.15) is 16.1 Å². The Morgan fingerprint density at radius 2 is 1.70 bits per heavy atom. The molecule has 0 saturated heterocycles.